The summed E-state index contributed by atoms with van der Waals surface area (Å²) in [7, 11) is -2.99. The lowest BCUT2D eigenvalue weighted by molar-refractivity contribution is 0.598. The highest BCUT2D eigenvalue weighted by Crippen LogP contribution is 2.22. The Bertz CT molecular complexity index is 653. The summed E-state index contributed by atoms with van der Waals surface area (Å²) in [5.41, 5.74) is 3.18. The molecule has 0 aliphatic rings. The van der Waals surface area contributed by atoms with Crippen molar-refractivity contribution in [2.24, 2.45) is 0 Å². The lowest BCUT2D eigenvalue weighted by Gasteiger charge is -2.07. The van der Waals surface area contributed by atoms with Gasteiger partial charge in [0.25, 0.3) is 0 Å². The molecule has 1 aromatic carbocycles. The first-order valence-electron chi connectivity index (χ1n) is 5.67. The maximum atomic E-state index is 11.4. The van der Waals surface area contributed by atoms with Crippen LogP contribution in [0, 0.1) is 6.92 Å². The summed E-state index contributed by atoms with van der Waals surface area (Å²) in [6, 6.07) is 8.17. The molecule has 0 bridgehead atoms. The van der Waals surface area contributed by atoms with Gasteiger partial charge < -0.3 is 4.57 Å². The smallest absolute Gasteiger partial charge is 0.153 e. The molecule has 2 aromatic rings. The Hall–Kier alpha value is -1.29. The van der Waals surface area contributed by atoms with Crippen LogP contribution in [0.5, 0.6) is 0 Å². The molecule has 0 fully saturated rings. The van der Waals surface area contributed by atoms with Gasteiger partial charge in [0.1, 0.15) is 0 Å². The molecule has 0 spiro atoms. The van der Waals surface area contributed by atoms with Gasteiger partial charge in [0, 0.05) is 24.0 Å². The molecule has 3 nitrogen and oxygen atoms in total. The molecule has 4 heteroatoms. The van der Waals surface area contributed by atoms with Gasteiger partial charge in [0.2, 0.25) is 0 Å². The summed E-state index contributed by atoms with van der Waals surface area (Å²) in [4.78, 5) is 0. The molecule has 17 heavy (non-hydrogen) atoms. The quantitative estimate of drug-likeness (QED) is 0.840. The molecular weight excluding hydrogens is 234 g/mol. The van der Waals surface area contributed by atoms with E-state index in [0.29, 0.717) is 0 Å². The van der Waals surface area contributed by atoms with Crippen molar-refractivity contribution in [3.05, 3.63) is 35.5 Å². The zero-order valence-corrected chi connectivity index (χ0v) is 11.2. The van der Waals surface area contributed by atoms with Crippen molar-refractivity contribution in [3.8, 4) is 0 Å². The largest absolute Gasteiger partial charge is 0.344 e. The van der Waals surface area contributed by atoms with Crippen molar-refractivity contribution < 1.29 is 8.42 Å². The van der Waals surface area contributed by atoms with Crippen LogP contribution in [0.2, 0.25) is 0 Å². The zero-order valence-electron chi connectivity index (χ0n) is 10.4. The molecule has 0 saturated heterocycles. The van der Waals surface area contributed by atoms with Crippen molar-refractivity contribution in [3.63, 3.8) is 0 Å². The minimum Gasteiger partial charge on any atom is -0.344 e. The number of fused-ring (bicyclic) bond motifs is 1. The third kappa shape index (κ3) is 2.52. The number of rotatable bonds is 3. The Balaban J connectivity index is 2.64. The fourth-order valence-corrected chi connectivity index (χ4v) is 2.96. The van der Waals surface area contributed by atoms with E-state index in [4.69, 9.17) is 0 Å². The predicted octanol–water partition coefficient (Wildman–Crippen LogP) is 2.51. The van der Waals surface area contributed by atoms with E-state index >= 15 is 0 Å². The molecule has 0 saturated carbocycles. The predicted molar refractivity (Wildman–Crippen MR) is 70.9 cm³/mol. The van der Waals surface area contributed by atoms with Gasteiger partial charge in [-0.2, -0.15) is 0 Å². The minimum absolute atomic E-state index is 0.106. The molecule has 0 aliphatic carbocycles. The standard InChI is InChI=1S/C13H17NO2S/c1-4-14-12(9-17(3,15)16)8-11-6-5-10(2)7-13(11)14/h5-8H,4,9H2,1-3H3. The topological polar surface area (TPSA) is 39.1 Å². The normalized spacial score (nSPS) is 12.2. The molecule has 0 radical (unpaired) electrons. The maximum Gasteiger partial charge on any atom is 0.153 e. The van der Waals surface area contributed by atoms with Crippen molar-refractivity contribution in [1.29, 1.82) is 0 Å². The van der Waals surface area contributed by atoms with Gasteiger partial charge >= 0.3 is 0 Å². The first-order valence-corrected chi connectivity index (χ1v) is 7.73. The SMILES string of the molecule is CCn1c(CS(C)(=O)=O)cc2ccc(C)cc21. The van der Waals surface area contributed by atoms with Crippen LogP contribution < -0.4 is 0 Å². The highest BCUT2D eigenvalue weighted by molar-refractivity contribution is 7.89. The van der Waals surface area contributed by atoms with Crippen molar-refractivity contribution >= 4 is 20.7 Å². The van der Waals surface area contributed by atoms with E-state index in [2.05, 4.69) is 10.6 Å². The van der Waals surface area contributed by atoms with E-state index in [0.717, 1.165) is 23.1 Å². The number of aromatic nitrogens is 1. The molecule has 0 aliphatic heterocycles. The van der Waals surface area contributed by atoms with Crippen LogP contribution in [0.25, 0.3) is 10.9 Å². The highest BCUT2D eigenvalue weighted by Gasteiger charge is 2.12. The van der Waals surface area contributed by atoms with Crippen molar-refractivity contribution in [1.82, 2.24) is 4.57 Å². The van der Waals surface area contributed by atoms with Crippen LogP contribution in [0.3, 0.4) is 0 Å². The van der Waals surface area contributed by atoms with Crippen LogP contribution in [-0.2, 0) is 22.1 Å². The molecule has 0 atom stereocenters. The van der Waals surface area contributed by atoms with Crippen LogP contribution in [-0.4, -0.2) is 19.2 Å². The summed E-state index contributed by atoms with van der Waals surface area (Å²) in [5.74, 6) is 0.106. The second kappa shape index (κ2) is 4.18. The van der Waals surface area contributed by atoms with E-state index < -0.39 is 9.84 Å². The molecular formula is C13H17NO2S. The highest BCUT2D eigenvalue weighted by atomic mass is 32.2. The molecule has 0 unspecified atom stereocenters. The Kier molecular flexibility index (Phi) is 3.00. The summed E-state index contributed by atoms with van der Waals surface area (Å²) in [5, 5.41) is 1.11. The zero-order chi connectivity index (χ0) is 12.6. The van der Waals surface area contributed by atoms with E-state index in [9.17, 15) is 8.42 Å². The van der Waals surface area contributed by atoms with Gasteiger partial charge in [0.05, 0.1) is 5.75 Å². The number of hydrogen-bond donors (Lipinski definition) is 0. The molecule has 2 rings (SSSR count). The lowest BCUT2D eigenvalue weighted by atomic mass is 10.2. The van der Waals surface area contributed by atoms with Gasteiger partial charge in [-0.25, -0.2) is 8.42 Å². The number of nitrogens with zero attached hydrogens (tertiary/aromatic N) is 1. The third-order valence-corrected chi connectivity index (χ3v) is 3.69. The monoisotopic (exact) mass is 251 g/mol. The van der Waals surface area contributed by atoms with Crippen LogP contribution in [0.1, 0.15) is 18.2 Å². The number of hydrogen-bond acceptors (Lipinski definition) is 2. The number of benzene rings is 1. The summed E-state index contributed by atoms with van der Waals surface area (Å²) < 4.78 is 24.9. The molecule has 0 amide bonds. The number of sulfone groups is 1. The second-order valence-corrected chi connectivity index (χ2v) is 6.65. The van der Waals surface area contributed by atoms with Crippen molar-refractivity contribution in [2.75, 3.05) is 6.26 Å². The Morgan fingerprint density at radius 1 is 1.24 bits per heavy atom. The fraction of sp³-hybridized carbons (Fsp3) is 0.385. The fourth-order valence-electron chi connectivity index (χ4n) is 2.18. The Morgan fingerprint density at radius 3 is 2.53 bits per heavy atom. The van der Waals surface area contributed by atoms with E-state index in [1.165, 1.54) is 11.8 Å². The lowest BCUT2D eigenvalue weighted by Crippen LogP contribution is -2.07. The Labute approximate surface area is 102 Å². The van der Waals surface area contributed by atoms with Crippen LogP contribution in [0.15, 0.2) is 24.3 Å². The minimum atomic E-state index is -2.99. The van der Waals surface area contributed by atoms with Crippen molar-refractivity contribution in [2.45, 2.75) is 26.1 Å². The van der Waals surface area contributed by atoms with Crippen LogP contribution >= 0.6 is 0 Å². The van der Waals surface area contributed by atoms with E-state index in [1.807, 2.05) is 32.0 Å². The first kappa shape index (κ1) is 12.2. The van der Waals surface area contributed by atoms with Gasteiger partial charge in [-0.15, -0.1) is 0 Å². The van der Waals surface area contributed by atoms with E-state index in [-0.39, 0.29) is 5.75 Å². The van der Waals surface area contributed by atoms with Crippen LogP contribution in [0.4, 0.5) is 0 Å². The average Bonchev–Trinajstić information content (AvgIpc) is 2.51. The van der Waals surface area contributed by atoms with Gasteiger partial charge in [0.15, 0.2) is 9.84 Å². The molecule has 1 aromatic heterocycles. The maximum absolute atomic E-state index is 11.4. The Morgan fingerprint density at radius 2 is 1.94 bits per heavy atom. The average molecular weight is 251 g/mol. The first-order chi connectivity index (χ1) is 7.90. The molecule has 1 heterocycles. The second-order valence-electron chi connectivity index (χ2n) is 4.51. The molecule has 92 valence electrons. The third-order valence-electron chi connectivity index (χ3n) is 2.87. The number of aryl methyl sites for hydroxylation is 2. The molecule has 0 N–H and O–H groups in total. The van der Waals surface area contributed by atoms with Gasteiger partial charge in [-0.05, 0) is 36.9 Å². The summed E-state index contributed by atoms with van der Waals surface area (Å²) in [6.07, 6.45) is 1.27. The van der Waals surface area contributed by atoms with Gasteiger partial charge in [-0.1, -0.05) is 12.1 Å². The van der Waals surface area contributed by atoms with Gasteiger partial charge in [-0.3, -0.25) is 0 Å². The van der Waals surface area contributed by atoms with E-state index in [1.54, 1.807) is 0 Å². The summed E-state index contributed by atoms with van der Waals surface area (Å²) in [6.45, 7) is 4.87. The summed E-state index contributed by atoms with van der Waals surface area (Å²) >= 11 is 0.